The Morgan fingerprint density at radius 3 is 1.94 bits per heavy atom. The topological polar surface area (TPSA) is 163 Å². The van der Waals surface area contributed by atoms with Crippen molar-refractivity contribution in [1.29, 1.82) is 0 Å². The number of aromatic nitrogens is 1. The molecule has 0 saturated carbocycles. The van der Waals surface area contributed by atoms with Crippen molar-refractivity contribution in [3.63, 3.8) is 0 Å². The minimum atomic E-state index is -4.57. The molecule has 1 aromatic heterocycles. The zero-order valence-electron chi connectivity index (χ0n) is 27.1. The van der Waals surface area contributed by atoms with E-state index in [2.05, 4.69) is 9.44 Å². The third kappa shape index (κ3) is 11.0. The molecule has 2 atom stereocenters. The van der Waals surface area contributed by atoms with Crippen LogP contribution in [0.3, 0.4) is 0 Å². The van der Waals surface area contributed by atoms with E-state index in [4.69, 9.17) is 0 Å². The molecule has 4 aromatic rings. The maximum atomic E-state index is 14.1. The maximum absolute atomic E-state index is 14.1. The number of hydrogen-bond acceptors (Lipinski definition) is 7. The van der Waals surface area contributed by atoms with Gasteiger partial charge in [0.2, 0.25) is 0 Å². The van der Waals surface area contributed by atoms with E-state index in [1.165, 1.54) is 60.7 Å². The van der Waals surface area contributed by atoms with Gasteiger partial charge in [0.05, 0.1) is 23.8 Å². The monoisotopic (exact) mass is 699 g/mol. The summed E-state index contributed by atoms with van der Waals surface area (Å²) < 4.78 is 61.7. The predicted molar refractivity (Wildman–Crippen MR) is 167 cm³/mol. The number of aliphatic hydroxyl groups excluding tert-OH is 2. The molecular formula is C33H33F2N3Na2O7S. The Hall–Kier alpha value is -2.59. The smallest absolute Gasteiger partial charge is 0.550 e. The molecule has 0 fully saturated rings. The molecule has 0 saturated heterocycles. The van der Waals surface area contributed by atoms with Crippen LogP contribution in [0.15, 0.2) is 78.9 Å². The molecule has 0 radical (unpaired) electrons. The fourth-order valence-electron chi connectivity index (χ4n) is 5.31. The summed E-state index contributed by atoms with van der Waals surface area (Å²) in [7, 11) is -4.57. The van der Waals surface area contributed by atoms with Crippen LogP contribution in [0.5, 0.6) is 0 Å². The number of carboxylic acids is 1. The van der Waals surface area contributed by atoms with Crippen LogP contribution < -0.4 is 68.9 Å². The molecule has 1 amide bonds. The first-order chi connectivity index (χ1) is 21.8. The van der Waals surface area contributed by atoms with Gasteiger partial charge in [-0.15, -0.1) is 0 Å². The van der Waals surface area contributed by atoms with Gasteiger partial charge >= 0.3 is 59.1 Å². The van der Waals surface area contributed by atoms with Crippen molar-refractivity contribution in [2.24, 2.45) is 0 Å². The number of para-hydroxylation sites is 1. The summed E-state index contributed by atoms with van der Waals surface area (Å²) in [6.07, 6.45) is -3.49. The van der Waals surface area contributed by atoms with Crippen LogP contribution >= 0.6 is 0 Å². The Bertz CT molecular complexity index is 1790. The molecule has 0 spiro atoms. The number of anilines is 1. The van der Waals surface area contributed by atoms with Gasteiger partial charge in [-0.1, -0.05) is 44.2 Å². The predicted octanol–water partition coefficient (Wildman–Crippen LogP) is -1.26. The second-order valence-electron chi connectivity index (χ2n) is 11.1. The van der Waals surface area contributed by atoms with Gasteiger partial charge in [-0.25, -0.2) is 17.2 Å². The molecule has 4 rings (SSSR count). The number of nitrogens with zero attached hydrogens (tertiary/aromatic N) is 2. The first kappa shape index (κ1) is 41.6. The summed E-state index contributed by atoms with van der Waals surface area (Å²) in [6.45, 7) is 3.54. The van der Waals surface area contributed by atoms with E-state index in [-0.39, 0.29) is 95.3 Å². The average molecular weight is 700 g/mol. The normalized spacial score (nSPS) is 12.4. The average Bonchev–Trinajstić information content (AvgIpc) is 3.32. The molecule has 1 heterocycles. The minimum Gasteiger partial charge on any atom is -0.550 e. The number of nitrogens with one attached hydrogen (secondary N) is 1. The van der Waals surface area contributed by atoms with Crippen molar-refractivity contribution in [1.82, 2.24) is 4.57 Å². The van der Waals surface area contributed by atoms with E-state index in [9.17, 15) is 42.1 Å². The first-order valence-electron chi connectivity index (χ1n) is 14.4. The number of rotatable bonds is 14. The number of benzene rings is 3. The Morgan fingerprint density at radius 2 is 1.42 bits per heavy atom. The van der Waals surface area contributed by atoms with Gasteiger partial charge in [0, 0.05) is 41.4 Å². The number of aliphatic carboxylic acids is 1. The number of carbonyl (C=O) groups excluding carboxylic acids is 2. The van der Waals surface area contributed by atoms with Gasteiger partial charge in [0.1, 0.15) is 11.6 Å². The van der Waals surface area contributed by atoms with E-state index in [1.807, 2.05) is 0 Å². The standard InChI is InChI=1S/C33H35F2N3O7S.2Na/c1-20(2)31-30(33(43)37-46(44,45)36-25-6-4-3-5-7-25)29(21-8-12-23(34)13-9-21)32(22-10-14-24(35)15-11-22)38(31)17-16-26(39)18-27(40)19-28(41)42;;/h3-15,20,26-27,36,39-40H,16-19H2,1-2H3,(H2,37,41,42,43);;/q;2*+1/p-2/t26-,27-;;/m1../s1. The molecule has 0 bridgehead atoms. The van der Waals surface area contributed by atoms with Crippen molar-refractivity contribution in [3.8, 4) is 22.4 Å². The fraction of sp³-hybridized carbons (Fsp3) is 0.273. The summed E-state index contributed by atoms with van der Waals surface area (Å²) >= 11 is 0. The van der Waals surface area contributed by atoms with Crippen LogP contribution in [0.1, 0.15) is 55.1 Å². The molecule has 3 aromatic carbocycles. The second kappa shape index (κ2) is 18.4. The van der Waals surface area contributed by atoms with Crippen LogP contribution in [0.4, 0.5) is 14.5 Å². The Labute approximate surface area is 322 Å². The van der Waals surface area contributed by atoms with Crippen LogP contribution in [-0.2, 0) is 21.5 Å². The third-order valence-electron chi connectivity index (χ3n) is 7.17. The molecule has 0 aliphatic carbocycles. The molecule has 244 valence electrons. The number of hydrogen-bond donors (Lipinski definition) is 3. The molecule has 3 N–H and O–H groups in total. The van der Waals surface area contributed by atoms with Gasteiger partial charge in [0.15, 0.2) is 10.2 Å². The van der Waals surface area contributed by atoms with Gasteiger partial charge < -0.3 is 34.2 Å². The minimum absolute atomic E-state index is 0. The molecular weight excluding hydrogens is 666 g/mol. The molecule has 10 nitrogen and oxygen atoms in total. The Balaban J connectivity index is 0.00000400. The van der Waals surface area contributed by atoms with Crippen molar-refractivity contribution >= 4 is 27.8 Å². The molecule has 15 heteroatoms. The summed E-state index contributed by atoms with van der Waals surface area (Å²) in [4.78, 5) is 24.9. The Kier molecular flexibility index (Phi) is 16.0. The van der Waals surface area contributed by atoms with Crippen molar-refractivity contribution < 1.29 is 101 Å². The summed E-state index contributed by atoms with van der Waals surface area (Å²) in [5, 5.41) is 31.6. The van der Waals surface area contributed by atoms with Crippen LogP contribution in [0.25, 0.3) is 27.1 Å². The molecule has 0 aliphatic rings. The van der Waals surface area contributed by atoms with Gasteiger partial charge in [-0.2, -0.15) is 0 Å². The van der Waals surface area contributed by atoms with Gasteiger partial charge in [-0.05, 0) is 78.4 Å². The Morgan fingerprint density at radius 1 is 0.875 bits per heavy atom. The molecule has 0 unspecified atom stereocenters. The zero-order chi connectivity index (χ0) is 33.6. The number of aliphatic hydroxyl groups is 2. The van der Waals surface area contributed by atoms with E-state index >= 15 is 0 Å². The molecule has 0 aliphatic heterocycles. The first-order valence-corrected chi connectivity index (χ1v) is 15.9. The molecule has 48 heavy (non-hydrogen) atoms. The number of amides is 1. The van der Waals surface area contributed by atoms with E-state index in [0.717, 1.165) is 0 Å². The van der Waals surface area contributed by atoms with E-state index in [1.54, 1.807) is 36.6 Å². The summed E-state index contributed by atoms with van der Waals surface area (Å²) in [5.41, 5.74) is 1.77. The van der Waals surface area contributed by atoms with Crippen molar-refractivity contribution in [2.75, 3.05) is 4.72 Å². The summed E-state index contributed by atoms with van der Waals surface area (Å²) in [6, 6.07) is 18.4. The van der Waals surface area contributed by atoms with Gasteiger partial charge in [0.25, 0.3) is 0 Å². The SMILES string of the molecule is CC(C)c1c(C(=O)[N-]S(=O)(=O)Nc2ccccc2)c(-c2ccc(F)cc2)c(-c2ccc(F)cc2)n1CC[C@@H](O)C[C@@H](O)CC(=O)[O-].[Na+].[Na+]. The second-order valence-corrected chi connectivity index (χ2v) is 12.4. The van der Waals surface area contributed by atoms with Gasteiger partial charge in [-0.3, -0.25) is 4.72 Å². The van der Waals surface area contributed by atoms with Crippen LogP contribution in [0.2, 0.25) is 0 Å². The third-order valence-corrected chi connectivity index (χ3v) is 8.07. The number of carboxylic acid groups (broad SMARTS) is 1. The quantitative estimate of drug-likeness (QED) is 0.139. The maximum Gasteiger partial charge on any atom is 1.00 e. The van der Waals surface area contributed by atoms with E-state index < -0.39 is 58.3 Å². The fourth-order valence-corrected chi connectivity index (χ4v) is 6.10. The number of carbonyl (C=O) groups is 2. The van der Waals surface area contributed by atoms with E-state index in [0.29, 0.717) is 22.5 Å². The zero-order valence-corrected chi connectivity index (χ0v) is 31.9. The number of halogens is 2. The van der Waals surface area contributed by atoms with Crippen molar-refractivity contribution in [2.45, 2.75) is 57.8 Å². The van der Waals surface area contributed by atoms with Crippen LogP contribution in [0, 0.1) is 11.6 Å². The largest absolute Gasteiger partial charge is 1.00 e. The van der Waals surface area contributed by atoms with Crippen LogP contribution in [-0.4, -0.2) is 47.3 Å². The summed E-state index contributed by atoms with van der Waals surface area (Å²) in [5.74, 6) is -4.11. The van der Waals surface area contributed by atoms with Crippen molar-refractivity contribution in [3.05, 3.63) is 106 Å².